The molecule has 4 nitrogen and oxygen atoms in total. The van der Waals surface area contributed by atoms with E-state index < -0.39 is 5.97 Å². The van der Waals surface area contributed by atoms with Crippen LogP contribution < -0.4 is 0 Å². The molecule has 0 bridgehead atoms. The van der Waals surface area contributed by atoms with Gasteiger partial charge in [-0.1, -0.05) is 18.2 Å². The number of pyridine rings is 1. The van der Waals surface area contributed by atoms with Crippen LogP contribution >= 0.6 is 0 Å². The summed E-state index contributed by atoms with van der Waals surface area (Å²) in [5, 5.41) is 9.87. The van der Waals surface area contributed by atoms with Gasteiger partial charge >= 0.3 is 5.97 Å². The molecule has 1 N–H and O–H groups in total. The standard InChI is InChI=1S/C14H9NO3/c16-14(17)12-5-2-4-11(15-12)9-3-1-6-13-10(9)7-8-18-13/h1-8H,(H,16,17). The maximum absolute atomic E-state index is 10.9. The molecule has 0 saturated carbocycles. The summed E-state index contributed by atoms with van der Waals surface area (Å²) in [6.45, 7) is 0. The highest BCUT2D eigenvalue weighted by Crippen LogP contribution is 2.28. The topological polar surface area (TPSA) is 63.3 Å². The summed E-state index contributed by atoms with van der Waals surface area (Å²) in [6, 6.07) is 12.4. The van der Waals surface area contributed by atoms with Gasteiger partial charge in [-0.25, -0.2) is 9.78 Å². The lowest BCUT2D eigenvalue weighted by Crippen LogP contribution is -2.00. The van der Waals surface area contributed by atoms with E-state index in [0.717, 1.165) is 16.5 Å². The number of nitrogens with zero attached hydrogens (tertiary/aromatic N) is 1. The molecule has 2 heterocycles. The Hall–Kier alpha value is -2.62. The van der Waals surface area contributed by atoms with Crippen molar-refractivity contribution in [2.75, 3.05) is 0 Å². The van der Waals surface area contributed by atoms with Gasteiger partial charge in [-0.2, -0.15) is 0 Å². The molecular weight excluding hydrogens is 230 g/mol. The number of hydrogen-bond donors (Lipinski definition) is 1. The molecule has 4 heteroatoms. The second-order valence-electron chi connectivity index (χ2n) is 3.85. The van der Waals surface area contributed by atoms with E-state index in [-0.39, 0.29) is 5.69 Å². The molecule has 1 aromatic carbocycles. The number of furan rings is 1. The van der Waals surface area contributed by atoms with E-state index in [1.54, 1.807) is 18.4 Å². The molecule has 0 aliphatic heterocycles. The van der Waals surface area contributed by atoms with Crippen LogP contribution in [-0.4, -0.2) is 16.1 Å². The Kier molecular flexibility index (Phi) is 2.34. The molecule has 0 saturated heterocycles. The largest absolute Gasteiger partial charge is 0.477 e. The van der Waals surface area contributed by atoms with Crippen molar-refractivity contribution in [2.45, 2.75) is 0 Å². The number of rotatable bonds is 2. The van der Waals surface area contributed by atoms with Gasteiger partial charge in [0.1, 0.15) is 11.3 Å². The smallest absolute Gasteiger partial charge is 0.354 e. The summed E-state index contributed by atoms with van der Waals surface area (Å²) in [7, 11) is 0. The van der Waals surface area contributed by atoms with Gasteiger partial charge in [-0.15, -0.1) is 0 Å². The molecule has 88 valence electrons. The van der Waals surface area contributed by atoms with Crippen molar-refractivity contribution < 1.29 is 14.3 Å². The second kappa shape index (κ2) is 4.00. The average Bonchev–Trinajstić information content (AvgIpc) is 2.87. The first-order chi connectivity index (χ1) is 8.75. The fourth-order valence-electron chi connectivity index (χ4n) is 1.92. The maximum Gasteiger partial charge on any atom is 0.354 e. The first-order valence-corrected chi connectivity index (χ1v) is 5.42. The minimum atomic E-state index is -1.03. The van der Waals surface area contributed by atoms with Crippen molar-refractivity contribution in [3.05, 3.63) is 54.4 Å². The molecule has 0 radical (unpaired) electrons. The van der Waals surface area contributed by atoms with Gasteiger partial charge in [-0.3, -0.25) is 0 Å². The molecule has 0 aliphatic rings. The van der Waals surface area contributed by atoms with Crippen molar-refractivity contribution in [1.29, 1.82) is 0 Å². The minimum absolute atomic E-state index is 0.0352. The quantitative estimate of drug-likeness (QED) is 0.745. The van der Waals surface area contributed by atoms with Crippen LogP contribution in [0, 0.1) is 0 Å². The SMILES string of the molecule is O=C(O)c1cccc(-c2cccc3occc23)n1. The van der Waals surface area contributed by atoms with E-state index in [0.29, 0.717) is 5.69 Å². The van der Waals surface area contributed by atoms with E-state index in [2.05, 4.69) is 4.98 Å². The molecule has 0 spiro atoms. The lowest BCUT2D eigenvalue weighted by molar-refractivity contribution is 0.0690. The molecule has 0 aliphatic carbocycles. The van der Waals surface area contributed by atoms with Crippen molar-refractivity contribution in [3.8, 4) is 11.3 Å². The Labute approximate surface area is 103 Å². The molecule has 0 atom stereocenters. The fraction of sp³-hybridized carbons (Fsp3) is 0. The minimum Gasteiger partial charge on any atom is -0.477 e. The van der Waals surface area contributed by atoms with Crippen LogP contribution in [0.4, 0.5) is 0 Å². The van der Waals surface area contributed by atoms with E-state index in [4.69, 9.17) is 9.52 Å². The van der Waals surface area contributed by atoms with Gasteiger partial charge < -0.3 is 9.52 Å². The van der Waals surface area contributed by atoms with Crippen LogP contribution in [0.15, 0.2) is 53.1 Å². The van der Waals surface area contributed by atoms with Crippen LogP contribution in [0.2, 0.25) is 0 Å². The predicted molar refractivity (Wildman–Crippen MR) is 66.4 cm³/mol. The first kappa shape index (κ1) is 10.5. The van der Waals surface area contributed by atoms with Gasteiger partial charge in [0.15, 0.2) is 0 Å². The van der Waals surface area contributed by atoms with Crippen LogP contribution in [0.25, 0.3) is 22.2 Å². The summed E-state index contributed by atoms with van der Waals surface area (Å²) in [5.41, 5.74) is 2.29. The maximum atomic E-state index is 10.9. The summed E-state index contributed by atoms with van der Waals surface area (Å²) in [6.07, 6.45) is 1.61. The van der Waals surface area contributed by atoms with E-state index in [1.165, 1.54) is 6.07 Å². The third-order valence-corrected chi connectivity index (χ3v) is 2.74. The molecule has 0 unspecified atom stereocenters. The zero-order valence-corrected chi connectivity index (χ0v) is 9.33. The average molecular weight is 239 g/mol. The Morgan fingerprint density at radius 3 is 2.78 bits per heavy atom. The van der Waals surface area contributed by atoms with Gasteiger partial charge in [0.2, 0.25) is 0 Å². The van der Waals surface area contributed by atoms with Crippen molar-refractivity contribution in [2.24, 2.45) is 0 Å². The number of carboxylic acid groups (broad SMARTS) is 1. The number of hydrogen-bond acceptors (Lipinski definition) is 3. The first-order valence-electron chi connectivity index (χ1n) is 5.42. The monoisotopic (exact) mass is 239 g/mol. The van der Waals surface area contributed by atoms with Crippen LogP contribution in [-0.2, 0) is 0 Å². The Morgan fingerprint density at radius 1 is 1.11 bits per heavy atom. The lowest BCUT2D eigenvalue weighted by Gasteiger charge is -2.03. The number of benzene rings is 1. The molecule has 3 aromatic rings. The van der Waals surface area contributed by atoms with Crippen molar-refractivity contribution >= 4 is 16.9 Å². The Balaban J connectivity index is 2.23. The molecule has 2 aromatic heterocycles. The number of carbonyl (C=O) groups is 1. The summed E-state index contributed by atoms with van der Waals surface area (Å²) in [5.74, 6) is -1.03. The van der Waals surface area contributed by atoms with E-state index in [9.17, 15) is 4.79 Å². The normalized spacial score (nSPS) is 10.7. The summed E-state index contributed by atoms with van der Waals surface area (Å²) in [4.78, 5) is 15.0. The Bertz CT molecular complexity index is 730. The third kappa shape index (κ3) is 1.64. The molecule has 0 amide bonds. The highest BCUT2D eigenvalue weighted by Gasteiger charge is 2.09. The van der Waals surface area contributed by atoms with Crippen molar-refractivity contribution in [3.63, 3.8) is 0 Å². The van der Waals surface area contributed by atoms with Crippen LogP contribution in [0.1, 0.15) is 10.5 Å². The summed E-state index contributed by atoms with van der Waals surface area (Å²) < 4.78 is 5.31. The molecule has 0 fully saturated rings. The van der Waals surface area contributed by atoms with Crippen LogP contribution in [0.3, 0.4) is 0 Å². The molecular formula is C14H9NO3. The zero-order chi connectivity index (χ0) is 12.5. The Morgan fingerprint density at radius 2 is 1.94 bits per heavy atom. The number of aromatic nitrogens is 1. The van der Waals surface area contributed by atoms with E-state index >= 15 is 0 Å². The molecule has 3 rings (SSSR count). The fourth-order valence-corrected chi connectivity index (χ4v) is 1.92. The second-order valence-corrected chi connectivity index (χ2v) is 3.85. The number of carboxylic acids is 1. The zero-order valence-electron chi connectivity index (χ0n) is 9.33. The third-order valence-electron chi connectivity index (χ3n) is 2.74. The highest BCUT2D eigenvalue weighted by atomic mass is 16.4. The summed E-state index contributed by atoms with van der Waals surface area (Å²) >= 11 is 0. The molecule has 18 heavy (non-hydrogen) atoms. The lowest BCUT2D eigenvalue weighted by atomic mass is 10.1. The number of aromatic carboxylic acids is 1. The van der Waals surface area contributed by atoms with E-state index in [1.807, 2.05) is 24.3 Å². The van der Waals surface area contributed by atoms with Gasteiger partial charge in [0, 0.05) is 10.9 Å². The van der Waals surface area contributed by atoms with Gasteiger partial charge in [-0.05, 0) is 24.3 Å². The predicted octanol–water partition coefficient (Wildman–Crippen LogP) is 3.19. The number of fused-ring (bicyclic) bond motifs is 1. The van der Waals surface area contributed by atoms with Gasteiger partial charge in [0.25, 0.3) is 0 Å². The van der Waals surface area contributed by atoms with Crippen LogP contribution in [0.5, 0.6) is 0 Å². The van der Waals surface area contributed by atoms with Crippen molar-refractivity contribution in [1.82, 2.24) is 4.98 Å². The van der Waals surface area contributed by atoms with Gasteiger partial charge in [0.05, 0.1) is 12.0 Å². The highest BCUT2D eigenvalue weighted by molar-refractivity contribution is 5.93.